The van der Waals surface area contributed by atoms with E-state index in [1.165, 1.54) is 17.7 Å². The molecule has 1 fully saturated rings. The van der Waals surface area contributed by atoms with Crippen molar-refractivity contribution in [3.8, 4) is 0 Å². The Balaban J connectivity index is 1.41. The number of carbonyl (C=O) groups excluding carboxylic acids is 1. The smallest absolute Gasteiger partial charge is 0.289 e. The highest BCUT2D eigenvalue weighted by Gasteiger charge is 2.27. The second-order valence-corrected chi connectivity index (χ2v) is 7.30. The zero-order valence-corrected chi connectivity index (χ0v) is 16.0. The van der Waals surface area contributed by atoms with Gasteiger partial charge in [0.05, 0.1) is 24.6 Å². The van der Waals surface area contributed by atoms with Crippen LogP contribution in [0.3, 0.4) is 0 Å². The highest BCUT2D eigenvalue weighted by molar-refractivity contribution is 5.92. The largest absolute Gasteiger partial charge is 0.438 e. The molecular formula is C19H27N5O3. The summed E-state index contributed by atoms with van der Waals surface area (Å²) < 4.78 is 13.0. The summed E-state index contributed by atoms with van der Waals surface area (Å²) in [6, 6.07) is 0.107. The first-order valence-corrected chi connectivity index (χ1v) is 9.74. The molecule has 1 atom stereocenters. The van der Waals surface area contributed by atoms with Crippen LogP contribution in [0.25, 0.3) is 0 Å². The van der Waals surface area contributed by atoms with Crippen molar-refractivity contribution in [1.29, 1.82) is 0 Å². The van der Waals surface area contributed by atoms with Crippen LogP contribution in [0.15, 0.2) is 10.8 Å². The normalized spacial score (nSPS) is 20.4. The number of aromatic nitrogens is 3. The number of likely N-dealkylation sites (tertiary alicyclic amines) is 1. The molecule has 0 bridgehead atoms. The van der Waals surface area contributed by atoms with Crippen molar-refractivity contribution >= 4 is 5.91 Å². The lowest BCUT2D eigenvalue weighted by atomic mass is 10.0. The topological polar surface area (TPSA) is 85.4 Å². The molecule has 2 aromatic heterocycles. The molecule has 1 saturated heterocycles. The van der Waals surface area contributed by atoms with E-state index < -0.39 is 0 Å². The van der Waals surface area contributed by atoms with E-state index in [4.69, 9.17) is 14.3 Å². The quantitative estimate of drug-likeness (QED) is 0.858. The predicted octanol–water partition coefficient (Wildman–Crippen LogP) is 1.67. The summed E-state index contributed by atoms with van der Waals surface area (Å²) in [7, 11) is 0. The molecule has 2 aliphatic heterocycles. The molecule has 0 spiro atoms. The van der Waals surface area contributed by atoms with E-state index in [0.29, 0.717) is 18.1 Å². The van der Waals surface area contributed by atoms with E-state index >= 15 is 0 Å². The molecule has 2 aromatic rings. The number of hydrogen-bond acceptors (Lipinski definition) is 6. The van der Waals surface area contributed by atoms with Crippen LogP contribution in [0.1, 0.15) is 53.0 Å². The maximum absolute atomic E-state index is 12.4. The molecule has 146 valence electrons. The molecule has 0 aromatic carbocycles. The molecular weight excluding hydrogens is 346 g/mol. The van der Waals surface area contributed by atoms with Crippen molar-refractivity contribution in [2.24, 2.45) is 0 Å². The Morgan fingerprint density at radius 1 is 1.44 bits per heavy atom. The Kier molecular flexibility index (Phi) is 5.27. The van der Waals surface area contributed by atoms with E-state index in [0.717, 1.165) is 57.7 Å². The first-order valence-electron chi connectivity index (χ1n) is 9.74. The van der Waals surface area contributed by atoms with Crippen LogP contribution in [0.5, 0.6) is 0 Å². The zero-order chi connectivity index (χ0) is 18.8. The summed E-state index contributed by atoms with van der Waals surface area (Å²) in [4.78, 5) is 18.8. The Labute approximate surface area is 158 Å². The average molecular weight is 373 g/mol. The molecule has 2 aliphatic rings. The number of hydrogen-bond donors (Lipinski definition) is 1. The molecule has 27 heavy (non-hydrogen) atoms. The van der Waals surface area contributed by atoms with Crippen LogP contribution in [0.4, 0.5) is 0 Å². The van der Waals surface area contributed by atoms with E-state index in [9.17, 15) is 4.79 Å². The van der Waals surface area contributed by atoms with Crippen molar-refractivity contribution < 1.29 is 13.9 Å². The van der Waals surface area contributed by atoms with Crippen molar-refractivity contribution in [2.45, 2.75) is 58.8 Å². The summed E-state index contributed by atoms with van der Waals surface area (Å²) in [6.07, 6.45) is 4.27. The standard InChI is InChI=1S/C19H27N5O3/c1-3-24-17-6-8-26-11-15(17)16(22-24)10-23-7-4-5-14(9-23)21-19(25)18-13(2)20-12-27-18/h12,14H,3-11H2,1-2H3,(H,21,25). The third kappa shape index (κ3) is 3.77. The number of amides is 1. The Morgan fingerprint density at radius 3 is 3.11 bits per heavy atom. The molecule has 4 rings (SSSR count). The lowest BCUT2D eigenvalue weighted by molar-refractivity contribution is 0.0870. The highest BCUT2D eigenvalue weighted by atomic mass is 16.5. The van der Waals surface area contributed by atoms with Gasteiger partial charge in [0.25, 0.3) is 5.91 Å². The number of nitrogens with one attached hydrogen (secondary N) is 1. The number of nitrogens with zero attached hydrogens (tertiary/aromatic N) is 4. The summed E-state index contributed by atoms with van der Waals surface area (Å²) in [5.41, 5.74) is 4.31. The maximum atomic E-state index is 12.4. The van der Waals surface area contributed by atoms with Gasteiger partial charge in [-0.05, 0) is 33.2 Å². The molecule has 0 aliphatic carbocycles. The lowest BCUT2D eigenvalue weighted by Gasteiger charge is -2.32. The predicted molar refractivity (Wildman–Crippen MR) is 98.3 cm³/mol. The van der Waals surface area contributed by atoms with Gasteiger partial charge in [0, 0.05) is 43.4 Å². The number of piperidine rings is 1. The van der Waals surface area contributed by atoms with Crippen LogP contribution < -0.4 is 5.32 Å². The third-order valence-corrected chi connectivity index (χ3v) is 5.44. The van der Waals surface area contributed by atoms with E-state index in [2.05, 4.69) is 26.8 Å². The SMILES string of the molecule is CCn1nc(CN2CCCC(NC(=O)c3ocnc3C)C2)c2c1CCOC2. The Hall–Kier alpha value is -2.19. The van der Waals surface area contributed by atoms with Crippen LogP contribution in [-0.2, 0) is 30.9 Å². The van der Waals surface area contributed by atoms with Gasteiger partial charge in [0.1, 0.15) is 0 Å². The highest BCUT2D eigenvalue weighted by Crippen LogP contribution is 2.23. The molecule has 8 heteroatoms. The fourth-order valence-corrected chi connectivity index (χ4v) is 4.07. The Morgan fingerprint density at radius 2 is 2.33 bits per heavy atom. The van der Waals surface area contributed by atoms with Crippen LogP contribution >= 0.6 is 0 Å². The van der Waals surface area contributed by atoms with Crippen molar-refractivity contribution in [3.63, 3.8) is 0 Å². The number of fused-ring (bicyclic) bond motifs is 1. The summed E-state index contributed by atoms with van der Waals surface area (Å²) in [5.74, 6) is 0.123. The molecule has 4 heterocycles. The first kappa shape index (κ1) is 18.2. The van der Waals surface area contributed by atoms with Gasteiger partial charge in [-0.15, -0.1) is 0 Å². The molecule has 8 nitrogen and oxygen atoms in total. The van der Waals surface area contributed by atoms with Gasteiger partial charge in [-0.25, -0.2) is 4.98 Å². The number of ether oxygens (including phenoxy) is 1. The van der Waals surface area contributed by atoms with Gasteiger partial charge in [-0.3, -0.25) is 14.4 Å². The molecule has 0 saturated carbocycles. The zero-order valence-electron chi connectivity index (χ0n) is 16.0. The number of carbonyl (C=O) groups is 1. The van der Waals surface area contributed by atoms with Gasteiger partial charge < -0.3 is 14.5 Å². The molecule has 1 amide bonds. The minimum atomic E-state index is -0.183. The van der Waals surface area contributed by atoms with E-state index in [1.54, 1.807) is 6.92 Å². The van der Waals surface area contributed by atoms with Gasteiger partial charge >= 0.3 is 0 Å². The molecule has 1 N–H and O–H groups in total. The number of rotatable bonds is 5. The Bertz CT molecular complexity index is 812. The van der Waals surface area contributed by atoms with Crippen molar-refractivity contribution in [3.05, 3.63) is 34.8 Å². The summed E-state index contributed by atoms with van der Waals surface area (Å²) in [6.45, 7) is 8.85. The van der Waals surface area contributed by atoms with Crippen molar-refractivity contribution in [1.82, 2.24) is 25.0 Å². The summed E-state index contributed by atoms with van der Waals surface area (Å²) in [5, 5.41) is 7.92. The van der Waals surface area contributed by atoms with E-state index in [1.807, 2.05) is 0 Å². The summed E-state index contributed by atoms with van der Waals surface area (Å²) >= 11 is 0. The average Bonchev–Trinajstić information content (AvgIpc) is 3.26. The van der Waals surface area contributed by atoms with Gasteiger partial charge in [0.2, 0.25) is 5.76 Å². The van der Waals surface area contributed by atoms with Gasteiger partial charge in [-0.2, -0.15) is 5.10 Å². The lowest BCUT2D eigenvalue weighted by Crippen LogP contribution is -2.47. The number of oxazole rings is 1. The van der Waals surface area contributed by atoms with Crippen LogP contribution in [0.2, 0.25) is 0 Å². The van der Waals surface area contributed by atoms with Gasteiger partial charge in [0.15, 0.2) is 6.39 Å². The second-order valence-electron chi connectivity index (χ2n) is 7.30. The fraction of sp³-hybridized carbons (Fsp3) is 0.632. The van der Waals surface area contributed by atoms with Crippen LogP contribution in [-0.4, -0.2) is 51.3 Å². The second kappa shape index (κ2) is 7.82. The minimum Gasteiger partial charge on any atom is -0.438 e. The minimum absolute atomic E-state index is 0.107. The number of aryl methyl sites for hydroxylation is 2. The first-order chi connectivity index (χ1) is 13.2. The van der Waals surface area contributed by atoms with Crippen LogP contribution in [0, 0.1) is 6.92 Å². The molecule has 0 radical (unpaired) electrons. The monoisotopic (exact) mass is 373 g/mol. The molecule has 1 unspecified atom stereocenters. The third-order valence-electron chi connectivity index (χ3n) is 5.44. The van der Waals surface area contributed by atoms with Crippen molar-refractivity contribution in [2.75, 3.05) is 19.7 Å². The van der Waals surface area contributed by atoms with Gasteiger partial charge in [-0.1, -0.05) is 0 Å². The van der Waals surface area contributed by atoms with E-state index in [-0.39, 0.29) is 11.9 Å². The maximum Gasteiger partial charge on any atom is 0.289 e. The fourth-order valence-electron chi connectivity index (χ4n) is 4.07.